The summed E-state index contributed by atoms with van der Waals surface area (Å²) in [6, 6.07) is 10.00. The second kappa shape index (κ2) is 6.32. The molecule has 3 rings (SSSR count). The molecule has 116 valence electrons. The van der Waals surface area contributed by atoms with Crippen molar-refractivity contribution in [2.45, 2.75) is 13.3 Å². The Hall–Kier alpha value is -2.14. The van der Waals surface area contributed by atoms with Crippen LogP contribution in [0.3, 0.4) is 0 Å². The zero-order valence-corrected chi connectivity index (χ0v) is 13.1. The lowest BCUT2D eigenvalue weighted by atomic mass is 10.1. The lowest BCUT2D eigenvalue weighted by Gasteiger charge is -2.15. The van der Waals surface area contributed by atoms with E-state index >= 15 is 0 Å². The first-order valence-electron chi connectivity index (χ1n) is 7.73. The van der Waals surface area contributed by atoms with E-state index in [1.807, 2.05) is 42.3 Å². The Morgan fingerprint density at radius 2 is 2.18 bits per heavy atom. The number of hydrogen-bond donors (Lipinski definition) is 2. The van der Waals surface area contributed by atoms with Gasteiger partial charge in [0.25, 0.3) is 5.91 Å². The molecule has 2 aromatic rings. The topological polar surface area (TPSA) is 61.0 Å². The Bertz CT molecular complexity index is 647. The van der Waals surface area contributed by atoms with Crippen LogP contribution < -0.4 is 5.32 Å². The third-order valence-electron chi connectivity index (χ3n) is 4.22. The van der Waals surface area contributed by atoms with E-state index in [2.05, 4.69) is 22.4 Å². The Kier molecular flexibility index (Phi) is 4.24. The second-order valence-corrected chi connectivity index (χ2v) is 6.00. The van der Waals surface area contributed by atoms with Crippen LogP contribution in [0.15, 0.2) is 30.3 Å². The van der Waals surface area contributed by atoms with Crippen molar-refractivity contribution in [1.82, 2.24) is 20.4 Å². The molecule has 2 heterocycles. The van der Waals surface area contributed by atoms with Crippen LogP contribution in [0.4, 0.5) is 0 Å². The number of aryl methyl sites for hydroxylation is 1. The number of amides is 1. The SMILES string of the molecule is CNCC1CCN(C(=O)c2cc(-c3ccc(C)cc3)n[nH]2)C1. The molecule has 5 heteroatoms. The fourth-order valence-electron chi connectivity index (χ4n) is 2.95. The largest absolute Gasteiger partial charge is 0.337 e. The highest BCUT2D eigenvalue weighted by atomic mass is 16.2. The molecule has 5 nitrogen and oxygen atoms in total. The van der Waals surface area contributed by atoms with E-state index in [-0.39, 0.29) is 5.91 Å². The molecular weight excluding hydrogens is 276 g/mol. The molecule has 1 aliphatic heterocycles. The highest BCUT2D eigenvalue weighted by molar-refractivity contribution is 5.93. The quantitative estimate of drug-likeness (QED) is 0.908. The van der Waals surface area contributed by atoms with Crippen molar-refractivity contribution in [2.75, 3.05) is 26.7 Å². The van der Waals surface area contributed by atoms with E-state index in [1.54, 1.807) is 0 Å². The first-order chi connectivity index (χ1) is 10.7. The number of aromatic nitrogens is 2. The van der Waals surface area contributed by atoms with Gasteiger partial charge in [-0.1, -0.05) is 29.8 Å². The molecular formula is C17H22N4O. The van der Waals surface area contributed by atoms with Crippen molar-refractivity contribution in [3.8, 4) is 11.3 Å². The van der Waals surface area contributed by atoms with Crippen LogP contribution in [-0.4, -0.2) is 47.7 Å². The number of rotatable bonds is 4. The Balaban J connectivity index is 1.71. The Labute approximate surface area is 130 Å². The number of hydrogen-bond acceptors (Lipinski definition) is 3. The van der Waals surface area contributed by atoms with Crippen LogP contribution in [0.5, 0.6) is 0 Å². The van der Waals surface area contributed by atoms with Crippen molar-refractivity contribution < 1.29 is 4.79 Å². The van der Waals surface area contributed by atoms with Gasteiger partial charge in [-0.3, -0.25) is 9.89 Å². The summed E-state index contributed by atoms with van der Waals surface area (Å²) >= 11 is 0. The second-order valence-electron chi connectivity index (χ2n) is 6.00. The number of benzene rings is 1. The van der Waals surface area contributed by atoms with E-state index in [0.717, 1.165) is 37.3 Å². The fourth-order valence-corrected chi connectivity index (χ4v) is 2.95. The highest BCUT2D eigenvalue weighted by Gasteiger charge is 2.27. The smallest absolute Gasteiger partial charge is 0.271 e. The van der Waals surface area contributed by atoms with Gasteiger partial charge in [0.1, 0.15) is 5.69 Å². The summed E-state index contributed by atoms with van der Waals surface area (Å²) in [4.78, 5) is 14.4. The molecule has 22 heavy (non-hydrogen) atoms. The van der Waals surface area contributed by atoms with E-state index in [4.69, 9.17) is 0 Å². The molecule has 0 spiro atoms. The average molecular weight is 298 g/mol. The van der Waals surface area contributed by atoms with E-state index in [1.165, 1.54) is 5.56 Å². The molecule has 1 aromatic heterocycles. The van der Waals surface area contributed by atoms with Crippen LogP contribution in [-0.2, 0) is 0 Å². The molecule has 1 atom stereocenters. The molecule has 1 fully saturated rings. The van der Waals surface area contributed by atoms with Crippen molar-refractivity contribution in [3.63, 3.8) is 0 Å². The number of carbonyl (C=O) groups is 1. The van der Waals surface area contributed by atoms with Gasteiger partial charge in [-0.2, -0.15) is 5.10 Å². The lowest BCUT2D eigenvalue weighted by Crippen LogP contribution is -2.30. The van der Waals surface area contributed by atoms with Gasteiger partial charge in [0.05, 0.1) is 5.69 Å². The number of likely N-dealkylation sites (tertiary alicyclic amines) is 1. The summed E-state index contributed by atoms with van der Waals surface area (Å²) in [6.07, 6.45) is 1.06. The minimum Gasteiger partial charge on any atom is -0.337 e. The maximum Gasteiger partial charge on any atom is 0.271 e. The molecule has 0 aliphatic carbocycles. The van der Waals surface area contributed by atoms with Crippen molar-refractivity contribution in [1.29, 1.82) is 0 Å². The monoisotopic (exact) mass is 298 g/mol. The van der Waals surface area contributed by atoms with Gasteiger partial charge in [-0.25, -0.2) is 0 Å². The van der Waals surface area contributed by atoms with Crippen LogP contribution in [0.25, 0.3) is 11.3 Å². The predicted octanol–water partition coefficient (Wildman–Crippen LogP) is 2.07. The first-order valence-corrected chi connectivity index (χ1v) is 7.73. The van der Waals surface area contributed by atoms with E-state index in [9.17, 15) is 4.79 Å². The number of H-pyrrole nitrogens is 1. The molecule has 0 radical (unpaired) electrons. The molecule has 0 saturated carbocycles. The fraction of sp³-hybridized carbons (Fsp3) is 0.412. The van der Waals surface area contributed by atoms with Gasteiger partial charge in [0, 0.05) is 18.7 Å². The van der Waals surface area contributed by atoms with E-state index in [0.29, 0.717) is 11.6 Å². The molecule has 1 aromatic carbocycles. The maximum atomic E-state index is 12.5. The zero-order chi connectivity index (χ0) is 15.5. The van der Waals surface area contributed by atoms with Crippen LogP contribution in [0, 0.1) is 12.8 Å². The molecule has 1 unspecified atom stereocenters. The van der Waals surface area contributed by atoms with Crippen LogP contribution in [0.2, 0.25) is 0 Å². The minimum atomic E-state index is 0.0458. The summed E-state index contributed by atoms with van der Waals surface area (Å²) in [5.74, 6) is 0.595. The first kappa shape index (κ1) is 14.8. The number of nitrogens with zero attached hydrogens (tertiary/aromatic N) is 2. The zero-order valence-electron chi connectivity index (χ0n) is 13.1. The van der Waals surface area contributed by atoms with Gasteiger partial charge < -0.3 is 10.2 Å². The summed E-state index contributed by atoms with van der Waals surface area (Å²) in [7, 11) is 1.95. The Morgan fingerprint density at radius 3 is 2.91 bits per heavy atom. The standard InChI is InChI=1S/C17H22N4O/c1-12-3-5-14(6-4-12)15-9-16(20-19-15)17(22)21-8-7-13(11-21)10-18-2/h3-6,9,13,18H,7-8,10-11H2,1-2H3,(H,19,20). The van der Waals surface area contributed by atoms with Gasteiger partial charge in [0.2, 0.25) is 0 Å². The van der Waals surface area contributed by atoms with Crippen LogP contribution in [0.1, 0.15) is 22.5 Å². The third kappa shape index (κ3) is 3.04. The molecule has 0 bridgehead atoms. The molecule has 1 amide bonds. The van der Waals surface area contributed by atoms with Gasteiger partial charge in [0.15, 0.2) is 0 Å². The molecule has 1 aliphatic rings. The van der Waals surface area contributed by atoms with E-state index < -0.39 is 0 Å². The predicted molar refractivity (Wildman–Crippen MR) is 86.7 cm³/mol. The minimum absolute atomic E-state index is 0.0458. The number of nitrogens with one attached hydrogen (secondary N) is 2. The maximum absolute atomic E-state index is 12.5. The van der Waals surface area contributed by atoms with Gasteiger partial charge in [-0.15, -0.1) is 0 Å². The summed E-state index contributed by atoms with van der Waals surface area (Å²) in [5, 5.41) is 10.3. The Morgan fingerprint density at radius 1 is 1.41 bits per heavy atom. The average Bonchev–Trinajstić information content (AvgIpc) is 3.17. The normalized spacial score (nSPS) is 17.9. The van der Waals surface area contributed by atoms with Crippen molar-refractivity contribution in [2.24, 2.45) is 5.92 Å². The molecule has 2 N–H and O–H groups in total. The van der Waals surface area contributed by atoms with Crippen molar-refractivity contribution in [3.05, 3.63) is 41.6 Å². The summed E-state index contributed by atoms with van der Waals surface area (Å²) in [5.41, 5.74) is 3.62. The van der Waals surface area contributed by atoms with Crippen LogP contribution >= 0.6 is 0 Å². The summed E-state index contributed by atoms with van der Waals surface area (Å²) in [6.45, 7) is 4.65. The molecule has 1 saturated heterocycles. The summed E-state index contributed by atoms with van der Waals surface area (Å²) < 4.78 is 0. The number of aromatic amines is 1. The van der Waals surface area contributed by atoms with Gasteiger partial charge in [-0.05, 0) is 38.9 Å². The van der Waals surface area contributed by atoms with Crippen molar-refractivity contribution >= 4 is 5.91 Å². The highest BCUT2D eigenvalue weighted by Crippen LogP contribution is 2.21. The number of carbonyl (C=O) groups excluding carboxylic acids is 1. The lowest BCUT2D eigenvalue weighted by molar-refractivity contribution is 0.0781. The van der Waals surface area contributed by atoms with Gasteiger partial charge >= 0.3 is 0 Å². The third-order valence-corrected chi connectivity index (χ3v) is 4.22.